The Labute approximate surface area is 126 Å². The number of ether oxygens (including phenoxy) is 2. The van der Waals surface area contributed by atoms with Crippen molar-refractivity contribution in [2.75, 3.05) is 13.2 Å². The lowest BCUT2D eigenvalue weighted by molar-refractivity contribution is -0.0695. The van der Waals surface area contributed by atoms with Crippen LogP contribution in [0, 0.1) is 0 Å². The summed E-state index contributed by atoms with van der Waals surface area (Å²) in [6, 6.07) is 7.73. The first-order chi connectivity index (χ1) is 9.70. The van der Waals surface area contributed by atoms with E-state index in [4.69, 9.17) is 26.8 Å². The number of halogens is 1. The summed E-state index contributed by atoms with van der Waals surface area (Å²) in [7, 11) is 0. The molecular weight excluding hydrogens is 274 g/mol. The largest absolute Gasteiger partial charge is 0.376 e. The molecule has 4 heteroatoms. The zero-order valence-electron chi connectivity index (χ0n) is 12.1. The molecule has 3 nitrogen and oxygen atoms in total. The van der Waals surface area contributed by atoms with Crippen molar-refractivity contribution in [1.29, 1.82) is 0 Å². The van der Waals surface area contributed by atoms with Crippen LogP contribution in [-0.4, -0.2) is 25.4 Å². The summed E-state index contributed by atoms with van der Waals surface area (Å²) in [6.07, 6.45) is 4.39. The van der Waals surface area contributed by atoms with E-state index in [1.165, 1.54) is 6.42 Å². The summed E-state index contributed by atoms with van der Waals surface area (Å²) < 4.78 is 11.8. The van der Waals surface area contributed by atoms with E-state index in [1.54, 1.807) is 0 Å². The van der Waals surface area contributed by atoms with Crippen molar-refractivity contribution in [3.63, 3.8) is 0 Å². The van der Waals surface area contributed by atoms with Crippen LogP contribution < -0.4 is 5.73 Å². The average molecular weight is 298 g/mol. The molecule has 1 aromatic carbocycles. The summed E-state index contributed by atoms with van der Waals surface area (Å²) in [4.78, 5) is 0. The number of hydrogen-bond acceptors (Lipinski definition) is 3. The summed E-state index contributed by atoms with van der Waals surface area (Å²) in [5, 5.41) is 0.716. The van der Waals surface area contributed by atoms with Gasteiger partial charge in [-0.15, -0.1) is 0 Å². The quantitative estimate of drug-likeness (QED) is 0.870. The van der Waals surface area contributed by atoms with Gasteiger partial charge >= 0.3 is 0 Å². The smallest absolute Gasteiger partial charge is 0.0977 e. The van der Waals surface area contributed by atoms with Crippen LogP contribution in [0.4, 0.5) is 0 Å². The minimum absolute atomic E-state index is 0.0305. The monoisotopic (exact) mass is 297 g/mol. The summed E-state index contributed by atoms with van der Waals surface area (Å²) >= 11 is 6.06. The molecular formula is C16H24ClNO2. The Kier molecular flexibility index (Phi) is 6.30. The maximum absolute atomic E-state index is 6.21. The molecule has 1 fully saturated rings. The third-order valence-electron chi connectivity index (χ3n) is 3.77. The molecule has 0 amide bonds. The fourth-order valence-electron chi connectivity index (χ4n) is 2.51. The predicted molar refractivity (Wildman–Crippen MR) is 82.0 cm³/mol. The van der Waals surface area contributed by atoms with Crippen LogP contribution >= 0.6 is 11.6 Å². The molecule has 1 aliphatic heterocycles. The predicted octanol–water partition coefficient (Wildman–Crippen LogP) is 3.70. The maximum Gasteiger partial charge on any atom is 0.0977 e. The summed E-state index contributed by atoms with van der Waals surface area (Å²) in [5.74, 6) is 0. The molecule has 3 unspecified atom stereocenters. The molecule has 2 rings (SSSR count). The molecule has 0 radical (unpaired) electrons. The molecule has 112 valence electrons. The Hall–Kier alpha value is -0.610. The Morgan fingerprint density at radius 2 is 2.30 bits per heavy atom. The first kappa shape index (κ1) is 15.8. The topological polar surface area (TPSA) is 44.5 Å². The average Bonchev–Trinajstić information content (AvgIpc) is 2.48. The van der Waals surface area contributed by atoms with E-state index >= 15 is 0 Å². The molecule has 2 N–H and O–H groups in total. The Morgan fingerprint density at radius 1 is 1.45 bits per heavy atom. The molecule has 0 bridgehead atoms. The van der Waals surface area contributed by atoms with Gasteiger partial charge in [0.15, 0.2) is 0 Å². The van der Waals surface area contributed by atoms with Crippen LogP contribution in [0.25, 0.3) is 0 Å². The fraction of sp³-hybridized carbons (Fsp3) is 0.625. The van der Waals surface area contributed by atoms with E-state index in [2.05, 4.69) is 6.92 Å². The number of nitrogens with two attached hydrogens (primary N) is 1. The number of rotatable bonds is 6. The van der Waals surface area contributed by atoms with Gasteiger partial charge in [-0.1, -0.05) is 30.7 Å². The van der Waals surface area contributed by atoms with Gasteiger partial charge in [-0.05, 0) is 43.4 Å². The van der Waals surface area contributed by atoms with Crippen molar-refractivity contribution in [2.24, 2.45) is 5.73 Å². The van der Waals surface area contributed by atoms with Crippen molar-refractivity contribution in [3.8, 4) is 0 Å². The molecule has 1 aliphatic rings. The zero-order valence-corrected chi connectivity index (χ0v) is 12.8. The fourth-order valence-corrected chi connectivity index (χ4v) is 2.71. The van der Waals surface area contributed by atoms with E-state index in [1.807, 2.05) is 24.3 Å². The molecule has 20 heavy (non-hydrogen) atoms. The SMILES string of the molecule is CCC(N)C(OCC1CCCCO1)c1cccc(Cl)c1. The maximum atomic E-state index is 6.21. The van der Waals surface area contributed by atoms with Gasteiger partial charge in [0, 0.05) is 17.7 Å². The summed E-state index contributed by atoms with van der Waals surface area (Å²) in [5.41, 5.74) is 7.25. The standard InChI is InChI=1S/C16H24ClNO2/c1-2-15(18)16(12-6-5-7-13(17)10-12)20-11-14-8-3-4-9-19-14/h5-7,10,14-16H,2-4,8-9,11,18H2,1H3. The third kappa shape index (κ3) is 4.45. The van der Waals surface area contributed by atoms with E-state index in [-0.39, 0.29) is 18.2 Å². The van der Waals surface area contributed by atoms with Gasteiger partial charge in [0.05, 0.1) is 18.8 Å². The van der Waals surface area contributed by atoms with Gasteiger partial charge in [0.25, 0.3) is 0 Å². The molecule has 0 spiro atoms. The van der Waals surface area contributed by atoms with Crippen molar-refractivity contribution in [1.82, 2.24) is 0 Å². The second-order valence-corrected chi connectivity index (χ2v) is 5.81. The van der Waals surface area contributed by atoms with Gasteiger partial charge < -0.3 is 15.2 Å². The van der Waals surface area contributed by atoms with Crippen LogP contribution in [0.2, 0.25) is 5.02 Å². The molecule has 3 atom stereocenters. The van der Waals surface area contributed by atoms with E-state index in [9.17, 15) is 0 Å². The van der Waals surface area contributed by atoms with Crippen molar-refractivity contribution < 1.29 is 9.47 Å². The lowest BCUT2D eigenvalue weighted by atomic mass is 10.0. The van der Waals surface area contributed by atoms with Gasteiger partial charge in [0.2, 0.25) is 0 Å². The van der Waals surface area contributed by atoms with Crippen LogP contribution in [0.1, 0.15) is 44.3 Å². The van der Waals surface area contributed by atoms with Gasteiger partial charge in [-0.2, -0.15) is 0 Å². The lowest BCUT2D eigenvalue weighted by Crippen LogP contribution is -2.33. The molecule has 0 aromatic heterocycles. The highest BCUT2D eigenvalue weighted by atomic mass is 35.5. The third-order valence-corrected chi connectivity index (χ3v) is 4.01. The second kappa shape index (κ2) is 7.99. The van der Waals surface area contributed by atoms with Crippen molar-refractivity contribution in [2.45, 2.75) is 50.9 Å². The zero-order chi connectivity index (χ0) is 14.4. The molecule has 1 saturated heterocycles. The highest BCUT2D eigenvalue weighted by Gasteiger charge is 2.22. The first-order valence-corrected chi connectivity index (χ1v) is 7.82. The molecule has 1 aromatic rings. The minimum atomic E-state index is -0.121. The second-order valence-electron chi connectivity index (χ2n) is 5.37. The first-order valence-electron chi connectivity index (χ1n) is 7.45. The van der Waals surface area contributed by atoms with Gasteiger partial charge in [0.1, 0.15) is 0 Å². The number of hydrogen-bond donors (Lipinski definition) is 1. The normalized spacial score (nSPS) is 22.4. The van der Waals surface area contributed by atoms with Crippen molar-refractivity contribution >= 4 is 11.6 Å². The highest BCUT2D eigenvalue weighted by molar-refractivity contribution is 6.30. The van der Waals surface area contributed by atoms with Crippen LogP contribution in [0.15, 0.2) is 24.3 Å². The minimum Gasteiger partial charge on any atom is -0.376 e. The number of benzene rings is 1. The van der Waals surface area contributed by atoms with Crippen LogP contribution in [-0.2, 0) is 9.47 Å². The lowest BCUT2D eigenvalue weighted by Gasteiger charge is -2.28. The molecule has 0 aliphatic carbocycles. The van der Waals surface area contributed by atoms with Crippen molar-refractivity contribution in [3.05, 3.63) is 34.9 Å². The van der Waals surface area contributed by atoms with Gasteiger partial charge in [-0.25, -0.2) is 0 Å². The van der Waals surface area contributed by atoms with E-state index in [0.717, 1.165) is 31.4 Å². The Balaban J connectivity index is 2.00. The molecule has 0 saturated carbocycles. The van der Waals surface area contributed by atoms with E-state index in [0.29, 0.717) is 11.6 Å². The van der Waals surface area contributed by atoms with Crippen LogP contribution in [0.5, 0.6) is 0 Å². The Morgan fingerprint density at radius 3 is 2.95 bits per heavy atom. The Bertz CT molecular complexity index is 407. The highest BCUT2D eigenvalue weighted by Crippen LogP contribution is 2.26. The summed E-state index contributed by atoms with van der Waals surface area (Å²) in [6.45, 7) is 3.52. The van der Waals surface area contributed by atoms with E-state index < -0.39 is 0 Å². The van der Waals surface area contributed by atoms with Gasteiger partial charge in [-0.3, -0.25) is 0 Å². The molecule has 1 heterocycles. The van der Waals surface area contributed by atoms with Crippen LogP contribution in [0.3, 0.4) is 0 Å².